The molecule has 0 saturated heterocycles. The second-order valence-electron chi connectivity index (χ2n) is 5.93. The van der Waals surface area contributed by atoms with E-state index in [1.54, 1.807) is 6.92 Å². The lowest BCUT2D eigenvalue weighted by molar-refractivity contribution is -0.151. The zero-order valence-electron chi connectivity index (χ0n) is 12.2. The molecule has 0 atom stereocenters. The van der Waals surface area contributed by atoms with Gasteiger partial charge in [0.2, 0.25) is 0 Å². The van der Waals surface area contributed by atoms with Gasteiger partial charge in [-0.1, -0.05) is 6.92 Å². The quantitative estimate of drug-likeness (QED) is 0.757. The molecule has 0 amide bonds. The number of carbonyl (C=O) groups is 1. The lowest BCUT2D eigenvalue weighted by Crippen LogP contribution is -2.45. The summed E-state index contributed by atoms with van der Waals surface area (Å²) in [5.74, 6) is 0.0528. The highest BCUT2D eigenvalue weighted by atomic mass is 32.2. The molecule has 1 aromatic rings. The Hall–Kier alpha value is -1.41. The van der Waals surface area contributed by atoms with Gasteiger partial charge in [-0.3, -0.25) is 4.79 Å². The number of nitrogens with zero attached hydrogens (tertiary/aromatic N) is 1. The molecule has 2 rings (SSSR count). The van der Waals surface area contributed by atoms with Gasteiger partial charge in [0.1, 0.15) is 5.82 Å². The number of aromatic amines is 1. The van der Waals surface area contributed by atoms with E-state index in [0.29, 0.717) is 24.6 Å². The Morgan fingerprint density at radius 2 is 2.14 bits per heavy atom. The van der Waals surface area contributed by atoms with Crippen LogP contribution >= 0.6 is 0 Å². The van der Waals surface area contributed by atoms with E-state index >= 15 is 0 Å². The number of imidazole rings is 1. The fraction of sp³-hybridized carbons (Fsp3) is 0.692. The van der Waals surface area contributed by atoms with Gasteiger partial charge in [-0.2, -0.15) is 0 Å². The van der Waals surface area contributed by atoms with Crippen LogP contribution in [0.2, 0.25) is 0 Å². The molecule has 21 heavy (non-hydrogen) atoms. The largest absolute Gasteiger partial charge is 0.481 e. The number of H-pyrrole nitrogens is 1. The van der Waals surface area contributed by atoms with E-state index in [-0.39, 0.29) is 11.6 Å². The average molecular weight is 315 g/mol. The van der Waals surface area contributed by atoms with Crippen LogP contribution in [0, 0.1) is 18.3 Å². The van der Waals surface area contributed by atoms with Crippen molar-refractivity contribution >= 4 is 16.0 Å². The van der Waals surface area contributed by atoms with Gasteiger partial charge in [0.25, 0.3) is 10.0 Å². The van der Waals surface area contributed by atoms with E-state index in [1.165, 1.54) is 6.20 Å². The van der Waals surface area contributed by atoms with E-state index in [1.807, 2.05) is 0 Å². The Morgan fingerprint density at radius 1 is 1.52 bits per heavy atom. The first-order chi connectivity index (χ1) is 9.75. The molecule has 1 saturated carbocycles. The lowest BCUT2D eigenvalue weighted by atomic mass is 9.71. The summed E-state index contributed by atoms with van der Waals surface area (Å²) >= 11 is 0. The highest BCUT2D eigenvalue weighted by molar-refractivity contribution is 7.89. The second kappa shape index (κ2) is 5.76. The van der Waals surface area contributed by atoms with Crippen LogP contribution in [0.5, 0.6) is 0 Å². The molecule has 0 radical (unpaired) electrons. The van der Waals surface area contributed by atoms with E-state index in [9.17, 15) is 18.3 Å². The standard InChI is InChI=1S/C13H21N3O4S/c1-9-3-5-13(6-4-9,12(17)18)8-15-21(19,20)11-7-14-10(2)16-11/h7,9,15H,3-6,8H2,1-2H3,(H,14,16)(H,17,18). The van der Waals surface area contributed by atoms with Gasteiger partial charge in [0.05, 0.1) is 11.6 Å². The Balaban J connectivity index is 2.11. The molecular weight excluding hydrogens is 294 g/mol. The van der Waals surface area contributed by atoms with Crippen LogP contribution in [0.3, 0.4) is 0 Å². The smallest absolute Gasteiger partial charge is 0.310 e. The third-order valence-corrected chi connectivity index (χ3v) is 5.57. The normalized spacial score (nSPS) is 26.7. The van der Waals surface area contributed by atoms with Crippen molar-refractivity contribution in [2.75, 3.05) is 6.54 Å². The molecule has 3 N–H and O–H groups in total. The summed E-state index contributed by atoms with van der Waals surface area (Å²) in [5.41, 5.74) is -1.01. The van der Waals surface area contributed by atoms with Crippen molar-refractivity contribution in [3.05, 3.63) is 12.0 Å². The minimum Gasteiger partial charge on any atom is -0.481 e. The van der Waals surface area contributed by atoms with E-state index in [0.717, 1.165) is 12.8 Å². The molecular formula is C13H21N3O4S. The third kappa shape index (κ3) is 3.44. The van der Waals surface area contributed by atoms with Gasteiger partial charge >= 0.3 is 5.97 Å². The highest BCUT2D eigenvalue weighted by Gasteiger charge is 2.42. The third-order valence-electron chi connectivity index (χ3n) is 4.25. The Labute approximate surface area is 124 Å². The molecule has 0 unspecified atom stereocenters. The molecule has 0 spiro atoms. The molecule has 0 bridgehead atoms. The maximum atomic E-state index is 12.1. The number of carboxylic acid groups (broad SMARTS) is 1. The molecule has 1 fully saturated rings. The molecule has 118 valence electrons. The molecule has 0 aliphatic heterocycles. The first-order valence-corrected chi connectivity index (χ1v) is 8.48. The summed E-state index contributed by atoms with van der Waals surface area (Å²) in [6.45, 7) is 3.65. The van der Waals surface area contributed by atoms with Crippen molar-refractivity contribution in [3.63, 3.8) is 0 Å². The summed E-state index contributed by atoms with van der Waals surface area (Å²) in [4.78, 5) is 18.1. The fourth-order valence-corrected chi connectivity index (χ4v) is 3.72. The minimum atomic E-state index is -3.76. The first-order valence-electron chi connectivity index (χ1n) is 7.00. The number of carboxylic acids is 1. The van der Waals surface area contributed by atoms with Crippen molar-refractivity contribution in [2.45, 2.75) is 44.6 Å². The van der Waals surface area contributed by atoms with Crippen molar-refractivity contribution < 1.29 is 18.3 Å². The van der Waals surface area contributed by atoms with E-state index < -0.39 is 21.4 Å². The van der Waals surface area contributed by atoms with Crippen molar-refractivity contribution in [3.8, 4) is 0 Å². The van der Waals surface area contributed by atoms with Crippen molar-refractivity contribution in [2.24, 2.45) is 11.3 Å². The van der Waals surface area contributed by atoms with Gasteiger partial charge in [0.15, 0.2) is 5.03 Å². The minimum absolute atomic E-state index is 0.0373. The van der Waals surface area contributed by atoms with Crippen LogP contribution in [-0.4, -0.2) is 36.0 Å². The predicted molar refractivity (Wildman–Crippen MR) is 76.2 cm³/mol. The molecule has 1 heterocycles. The number of nitrogens with one attached hydrogen (secondary N) is 2. The summed E-state index contributed by atoms with van der Waals surface area (Å²) in [6, 6.07) is 0. The Kier molecular flexibility index (Phi) is 4.38. The van der Waals surface area contributed by atoms with E-state index in [2.05, 4.69) is 21.6 Å². The molecule has 1 aliphatic carbocycles. The van der Waals surface area contributed by atoms with Gasteiger partial charge in [-0.05, 0) is 38.5 Å². The number of hydrogen-bond acceptors (Lipinski definition) is 4. The molecule has 0 aromatic carbocycles. The van der Waals surface area contributed by atoms with Crippen LogP contribution < -0.4 is 4.72 Å². The molecule has 7 nitrogen and oxygen atoms in total. The van der Waals surface area contributed by atoms with Crippen molar-refractivity contribution in [1.29, 1.82) is 0 Å². The molecule has 8 heteroatoms. The van der Waals surface area contributed by atoms with Crippen LogP contribution in [0.4, 0.5) is 0 Å². The maximum Gasteiger partial charge on any atom is 0.310 e. The first kappa shape index (κ1) is 16.0. The number of hydrogen-bond donors (Lipinski definition) is 3. The van der Waals surface area contributed by atoms with Crippen LogP contribution in [-0.2, 0) is 14.8 Å². The summed E-state index contributed by atoms with van der Waals surface area (Å²) < 4.78 is 26.7. The van der Waals surface area contributed by atoms with Gasteiger partial charge in [0, 0.05) is 6.54 Å². The lowest BCUT2D eigenvalue weighted by Gasteiger charge is -2.35. The monoisotopic (exact) mass is 315 g/mol. The predicted octanol–water partition coefficient (Wildman–Crippen LogP) is 1.28. The number of sulfonamides is 1. The summed E-state index contributed by atoms with van der Waals surface area (Å²) in [7, 11) is -3.76. The number of aromatic nitrogens is 2. The number of rotatable bonds is 5. The van der Waals surface area contributed by atoms with Crippen LogP contribution in [0.25, 0.3) is 0 Å². The average Bonchev–Trinajstić information content (AvgIpc) is 2.86. The molecule has 1 aliphatic rings. The topological polar surface area (TPSA) is 112 Å². The molecule has 1 aromatic heterocycles. The zero-order chi connectivity index (χ0) is 15.7. The summed E-state index contributed by atoms with van der Waals surface area (Å²) in [6.07, 6.45) is 3.82. The van der Waals surface area contributed by atoms with Gasteiger partial charge < -0.3 is 10.1 Å². The second-order valence-corrected chi connectivity index (χ2v) is 7.66. The number of aryl methyl sites for hydroxylation is 1. The zero-order valence-corrected chi connectivity index (χ0v) is 13.0. The summed E-state index contributed by atoms with van der Waals surface area (Å²) in [5, 5.41) is 9.45. The van der Waals surface area contributed by atoms with Crippen LogP contribution in [0.1, 0.15) is 38.4 Å². The van der Waals surface area contributed by atoms with Gasteiger partial charge in [-0.25, -0.2) is 18.1 Å². The fourth-order valence-electron chi connectivity index (χ4n) is 2.63. The van der Waals surface area contributed by atoms with E-state index in [4.69, 9.17) is 0 Å². The van der Waals surface area contributed by atoms with Crippen LogP contribution in [0.15, 0.2) is 11.2 Å². The Morgan fingerprint density at radius 3 is 2.62 bits per heavy atom. The highest BCUT2D eigenvalue weighted by Crippen LogP contribution is 2.38. The SMILES string of the molecule is Cc1ncc(S(=O)(=O)NCC2(C(=O)O)CCC(C)CC2)[nH]1. The maximum absolute atomic E-state index is 12.1. The number of aliphatic carboxylic acids is 1. The Bertz CT molecular complexity index is 615. The van der Waals surface area contributed by atoms with Crippen molar-refractivity contribution in [1.82, 2.24) is 14.7 Å². The van der Waals surface area contributed by atoms with Gasteiger partial charge in [-0.15, -0.1) is 0 Å².